The van der Waals surface area contributed by atoms with E-state index in [-0.39, 0.29) is 25.0 Å². The molecule has 1 saturated heterocycles. The summed E-state index contributed by atoms with van der Waals surface area (Å²) in [5, 5.41) is 6.92. The summed E-state index contributed by atoms with van der Waals surface area (Å²) in [6.07, 6.45) is 3.54. The Bertz CT molecular complexity index is 714. The van der Waals surface area contributed by atoms with Crippen LogP contribution < -0.4 is 5.32 Å². The van der Waals surface area contributed by atoms with Crippen LogP contribution in [0.2, 0.25) is 0 Å². The normalized spacial score (nSPS) is 17.8. The largest absolute Gasteiger partial charge is 0.369 e. The Hall–Kier alpha value is -2.67. The fraction of sp³-hybridized carbons (Fsp3) is 0.353. The fourth-order valence-electron chi connectivity index (χ4n) is 2.67. The first-order chi connectivity index (χ1) is 11.6. The SMILES string of the molecule is Cn1cc(CNC(=O)[C@H]2COCC(=O)N2Cc2ccccc2)cn1. The first-order valence-corrected chi connectivity index (χ1v) is 7.80. The Morgan fingerprint density at radius 3 is 2.83 bits per heavy atom. The number of carbonyl (C=O) groups excluding carboxylic acids is 2. The molecule has 1 atom stereocenters. The Balaban J connectivity index is 1.66. The van der Waals surface area contributed by atoms with E-state index in [0.717, 1.165) is 11.1 Å². The number of aryl methyl sites for hydroxylation is 1. The number of carbonyl (C=O) groups is 2. The molecule has 126 valence electrons. The van der Waals surface area contributed by atoms with Gasteiger partial charge in [-0.3, -0.25) is 14.3 Å². The maximum atomic E-state index is 12.5. The quantitative estimate of drug-likeness (QED) is 0.865. The molecule has 2 aromatic rings. The molecule has 7 heteroatoms. The smallest absolute Gasteiger partial charge is 0.249 e. The number of amides is 2. The minimum Gasteiger partial charge on any atom is -0.369 e. The average Bonchev–Trinajstić information content (AvgIpc) is 3.01. The number of hydrogen-bond acceptors (Lipinski definition) is 4. The van der Waals surface area contributed by atoms with Crippen LogP contribution in [0.15, 0.2) is 42.7 Å². The van der Waals surface area contributed by atoms with E-state index in [2.05, 4.69) is 10.4 Å². The monoisotopic (exact) mass is 328 g/mol. The van der Waals surface area contributed by atoms with Crippen molar-refractivity contribution in [1.29, 1.82) is 0 Å². The molecular formula is C17H20N4O3. The van der Waals surface area contributed by atoms with Crippen molar-refractivity contribution in [2.24, 2.45) is 7.05 Å². The van der Waals surface area contributed by atoms with E-state index in [9.17, 15) is 9.59 Å². The molecule has 1 aromatic carbocycles. The summed E-state index contributed by atoms with van der Waals surface area (Å²) in [6.45, 7) is 0.987. The van der Waals surface area contributed by atoms with Crippen LogP contribution in [0.3, 0.4) is 0 Å². The maximum absolute atomic E-state index is 12.5. The van der Waals surface area contributed by atoms with Gasteiger partial charge in [0.2, 0.25) is 11.8 Å². The Labute approximate surface area is 140 Å². The standard InChI is InChI=1S/C17H20N4O3/c1-20-9-14(8-19-20)7-18-17(23)15-11-24-12-16(22)21(15)10-13-5-3-2-4-6-13/h2-6,8-9,15H,7,10-12H2,1H3,(H,18,23)/t15-/m1/s1. The van der Waals surface area contributed by atoms with Crippen molar-refractivity contribution in [2.75, 3.05) is 13.2 Å². The lowest BCUT2D eigenvalue weighted by molar-refractivity contribution is -0.155. The molecule has 7 nitrogen and oxygen atoms in total. The van der Waals surface area contributed by atoms with Gasteiger partial charge in [-0.1, -0.05) is 30.3 Å². The second-order valence-electron chi connectivity index (χ2n) is 5.78. The lowest BCUT2D eigenvalue weighted by Gasteiger charge is -2.34. The van der Waals surface area contributed by atoms with Gasteiger partial charge >= 0.3 is 0 Å². The van der Waals surface area contributed by atoms with Gasteiger partial charge in [-0.05, 0) is 5.56 Å². The van der Waals surface area contributed by atoms with E-state index in [0.29, 0.717) is 13.1 Å². The molecule has 1 N–H and O–H groups in total. The highest BCUT2D eigenvalue weighted by atomic mass is 16.5. The summed E-state index contributed by atoms with van der Waals surface area (Å²) in [5.41, 5.74) is 1.89. The maximum Gasteiger partial charge on any atom is 0.249 e. The van der Waals surface area contributed by atoms with Gasteiger partial charge in [0.15, 0.2) is 0 Å². The number of hydrogen-bond donors (Lipinski definition) is 1. The highest BCUT2D eigenvalue weighted by Crippen LogP contribution is 2.14. The minimum atomic E-state index is -0.622. The minimum absolute atomic E-state index is 0.0131. The van der Waals surface area contributed by atoms with E-state index in [1.807, 2.05) is 43.6 Å². The molecule has 0 aliphatic carbocycles. The third-order valence-corrected chi connectivity index (χ3v) is 3.92. The second kappa shape index (κ2) is 7.27. The summed E-state index contributed by atoms with van der Waals surface area (Å²) >= 11 is 0. The fourth-order valence-corrected chi connectivity index (χ4v) is 2.67. The highest BCUT2D eigenvalue weighted by molar-refractivity contribution is 5.89. The van der Waals surface area contributed by atoms with E-state index >= 15 is 0 Å². The van der Waals surface area contributed by atoms with Crippen LogP contribution in [0.4, 0.5) is 0 Å². The number of nitrogens with zero attached hydrogens (tertiary/aromatic N) is 3. The molecule has 1 fully saturated rings. The number of nitrogens with one attached hydrogen (secondary N) is 1. The van der Waals surface area contributed by atoms with Crippen LogP contribution in [0.5, 0.6) is 0 Å². The molecule has 0 bridgehead atoms. The lowest BCUT2D eigenvalue weighted by Crippen LogP contribution is -2.55. The molecule has 2 heterocycles. The van der Waals surface area contributed by atoms with Gasteiger partial charge < -0.3 is 15.0 Å². The molecular weight excluding hydrogens is 308 g/mol. The van der Waals surface area contributed by atoms with E-state index in [1.165, 1.54) is 0 Å². The number of rotatable bonds is 5. The third kappa shape index (κ3) is 3.80. The zero-order chi connectivity index (χ0) is 16.9. The van der Waals surface area contributed by atoms with Crippen molar-refractivity contribution in [3.63, 3.8) is 0 Å². The molecule has 1 aromatic heterocycles. The van der Waals surface area contributed by atoms with Crippen molar-refractivity contribution >= 4 is 11.8 Å². The van der Waals surface area contributed by atoms with Crippen molar-refractivity contribution in [3.05, 3.63) is 53.9 Å². The van der Waals surface area contributed by atoms with Crippen LogP contribution in [0.1, 0.15) is 11.1 Å². The molecule has 0 radical (unpaired) electrons. The second-order valence-corrected chi connectivity index (χ2v) is 5.78. The van der Waals surface area contributed by atoms with E-state index in [1.54, 1.807) is 15.8 Å². The first kappa shape index (κ1) is 16.2. The zero-order valence-corrected chi connectivity index (χ0v) is 13.5. The Morgan fingerprint density at radius 1 is 1.33 bits per heavy atom. The predicted octanol–water partition coefficient (Wildman–Crippen LogP) is 0.464. The van der Waals surface area contributed by atoms with Gasteiger partial charge in [-0.15, -0.1) is 0 Å². The molecule has 0 unspecified atom stereocenters. The molecule has 24 heavy (non-hydrogen) atoms. The van der Waals surface area contributed by atoms with Gasteiger partial charge in [-0.2, -0.15) is 5.10 Å². The molecule has 2 amide bonds. The summed E-state index contributed by atoms with van der Waals surface area (Å²) in [5.74, 6) is -0.394. The van der Waals surface area contributed by atoms with Gasteiger partial charge in [0, 0.05) is 31.9 Å². The topological polar surface area (TPSA) is 76.5 Å². The third-order valence-electron chi connectivity index (χ3n) is 3.92. The molecule has 0 saturated carbocycles. The van der Waals surface area contributed by atoms with Crippen LogP contribution in [-0.2, 0) is 34.5 Å². The lowest BCUT2D eigenvalue weighted by atomic mass is 10.1. The Morgan fingerprint density at radius 2 is 2.12 bits per heavy atom. The summed E-state index contributed by atoms with van der Waals surface area (Å²) in [6, 6.07) is 9.00. The van der Waals surface area contributed by atoms with Crippen molar-refractivity contribution in [3.8, 4) is 0 Å². The van der Waals surface area contributed by atoms with Gasteiger partial charge in [0.05, 0.1) is 12.8 Å². The summed E-state index contributed by atoms with van der Waals surface area (Å²) in [7, 11) is 1.82. The summed E-state index contributed by atoms with van der Waals surface area (Å²) < 4.78 is 6.95. The molecule has 3 rings (SSSR count). The van der Waals surface area contributed by atoms with Crippen molar-refractivity contribution in [2.45, 2.75) is 19.1 Å². The van der Waals surface area contributed by atoms with Gasteiger partial charge in [0.1, 0.15) is 12.6 Å². The molecule has 0 spiro atoms. The zero-order valence-electron chi connectivity index (χ0n) is 13.5. The number of ether oxygens (including phenoxy) is 1. The van der Waals surface area contributed by atoms with E-state index < -0.39 is 6.04 Å². The van der Waals surface area contributed by atoms with Crippen molar-refractivity contribution in [1.82, 2.24) is 20.0 Å². The molecule has 1 aliphatic rings. The van der Waals surface area contributed by atoms with Crippen LogP contribution in [0.25, 0.3) is 0 Å². The number of benzene rings is 1. The molecule has 1 aliphatic heterocycles. The van der Waals surface area contributed by atoms with Crippen LogP contribution in [0, 0.1) is 0 Å². The average molecular weight is 328 g/mol. The van der Waals surface area contributed by atoms with Crippen LogP contribution >= 0.6 is 0 Å². The predicted molar refractivity (Wildman–Crippen MR) is 86.7 cm³/mol. The van der Waals surface area contributed by atoms with Crippen LogP contribution in [-0.4, -0.2) is 45.8 Å². The summed E-state index contributed by atoms with van der Waals surface area (Å²) in [4.78, 5) is 26.3. The van der Waals surface area contributed by atoms with Crippen molar-refractivity contribution < 1.29 is 14.3 Å². The highest BCUT2D eigenvalue weighted by Gasteiger charge is 2.33. The van der Waals surface area contributed by atoms with Gasteiger partial charge in [0.25, 0.3) is 0 Å². The number of aromatic nitrogens is 2. The first-order valence-electron chi connectivity index (χ1n) is 7.80. The van der Waals surface area contributed by atoms with E-state index in [4.69, 9.17) is 4.74 Å². The Kier molecular flexibility index (Phi) is 4.90. The number of morpholine rings is 1. The van der Waals surface area contributed by atoms with Gasteiger partial charge in [-0.25, -0.2) is 0 Å².